The third kappa shape index (κ3) is 2.21. The fourth-order valence-corrected chi connectivity index (χ4v) is 2.55. The summed E-state index contributed by atoms with van der Waals surface area (Å²) >= 11 is 0. The van der Waals surface area contributed by atoms with Crippen molar-refractivity contribution in [2.75, 3.05) is 20.1 Å². The standard InChI is InChI=1S/C14H18N2O/c1-15-12-6-7-16(9-12)10-13-8-11-4-2-3-5-14(11)17-13/h2-5,8,12,15H,6-7,9-10H2,1H3. The fourth-order valence-electron chi connectivity index (χ4n) is 2.55. The van der Waals surface area contributed by atoms with E-state index in [9.17, 15) is 0 Å². The average molecular weight is 230 g/mol. The van der Waals surface area contributed by atoms with Crippen molar-refractivity contribution in [2.45, 2.75) is 19.0 Å². The molecule has 1 aliphatic heterocycles. The summed E-state index contributed by atoms with van der Waals surface area (Å²) in [6.07, 6.45) is 1.23. The van der Waals surface area contributed by atoms with Crippen molar-refractivity contribution in [3.8, 4) is 0 Å². The number of nitrogens with one attached hydrogen (secondary N) is 1. The highest BCUT2D eigenvalue weighted by atomic mass is 16.3. The van der Waals surface area contributed by atoms with Gasteiger partial charge in [-0.3, -0.25) is 4.90 Å². The Morgan fingerprint density at radius 3 is 3.06 bits per heavy atom. The molecule has 1 aromatic heterocycles. The summed E-state index contributed by atoms with van der Waals surface area (Å²) in [5.41, 5.74) is 0.992. The lowest BCUT2D eigenvalue weighted by atomic mass is 10.2. The molecule has 0 amide bonds. The molecule has 0 bridgehead atoms. The van der Waals surface area contributed by atoms with Gasteiger partial charge in [-0.1, -0.05) is 18.2 Å². The summed E-state index contributed by atoms with van der Waals surface area (Å²) in [5, 5.41) is 4.53. The van der Waals surface area contributed by atoms with Gasteiger partial charge in [0.05, 0.1) is 6.54 Å². The second kappa shape index (κ2) is 4.51. The topological polar surface area (TPSA) is 28.4 Å². The van der Waals surface area contributed by atoms with Crippen LogP contribution >= 0.6 is 0 Å². The molecule has 3 rings (SSSR count). The number of hydrogen-bond donors (Lipinski definition) is 1. The van der Waals surface area contributed by atoms with Crippen LogP contribution in [0.4, 0.5) is 0 Å². The number of likely N-dealkylation sites (N-methyl/N-ethyl adjacent to an activating group) is 1. The number of furan rings is 1. The number of likely N-dealkylation sites (tertiary alicyclic amines) is 1. The third-order valence-electron chi connectivity index (χ3n) is 3.54. The first-order chi connectivity index (χ1) is 8.35. The largest absolute Gasteiger partial charge is 0.460 e. The number of benzene rings is 1. The van der Waals surface area contributed by atoms with E-state index in [0.29, 0.717) is 6.04 Å². The van der Waals surface area contributed by atoms with Gasteiger partial charge in [0.15, 0.2) is 0 Å². The molecule has 90 valence electrons. The van der Waals surface area contributed by atoms with Crippen molar-refractivity contribution in [3.05, 3.63) is 36.1 Å². The van der Waals surface area contributed by atoms with Crippen LogP contribution in [0.15, 0.2) is 34.7 Å². The number of rotatable bonds is 3. The highest BCUT2D eigenvalue weighted by Crippen LogP contribution is 2.21. The number of para-hydroxylation sites is 1. The van der Waals surface area contributed by atoms with Crippen molar-refractivity contribution in [2.24, 2.45) is 0 Å². The van der Waals surface area contributed by atoms with E-state index in [1.807, 2.05) is 19.2 Å². The smallest absolute Gasteiger partial charge is 0.134 e. The van der Waals surface area contributed by atoms with Gasteiger partial charge in [0.2, 0.25) is 0 Å². The van der Waals surface area contributed by atoms with Crippen molar-refractivity contribution >= 4 is 11.0 Å². The van der Waals surface area contributed by atoms with Crippen molar-refractivity contribution in [3.63, 3.8) is 0 Å². The van der Waals surface area contributed by atoms with Gasteiger partial charge in [-0.05, 0) is 25.6 Å². The van der Waals surface area contributed by atoms with Gasteiger partial charge in [0.1, 0.15) is 11.3 Å². The maximum absolute atomic E-state index is 5.84. The molecule has 0 spiro atoms. The van der Waals surface area contributed by atoms with Gasteiger partial charge in [0, 0.05) is 24.5 Å². The van der Waals surface area contributed by atoms with Crippen LogP contribution in [0.25, 0.3) is 11.0 Å². The monoisotopic (exact) mass is 230 g/mol. The summed E-state index contributed by atoms with van der Waals surface area (Å²) in [6.45, 7) is 3.20. The number of nitrogens with zero attached hydrogens (tertiary/aromatic N) is 1. The highest BCUT2D eigenvalue weighted by molar-refractivity contribution is 5.77. The van der Waals surface area contributed by atoms with Crippen molar-refractivity contribution in [1.82, 2.24) is 10.2 Å². The van der Waals surface area contributed by atoms with Crippen LogP contribution in [0, 0.1) is 0 Å². The molecule has 2 aromatic rings. The van der Waals surface area contributed by atoms with Gasteiger partial charge in [-0.25, -0.2) is 0 Å². The molecule has 1 aromatic carbocycles. The van der Waals surface area contributed by atoms with E-state index in [1.165, 1.54) is 11.8 Å². The zero-order valence-corrected chi connectivity index (χ0v) is 10.1. The molecule has 1 aliphatic rings. The highest BCUT2D eigenvalue weighted by Gasteiger charge is 2.21. The first kappa shape index (κ1) is 10.8. The molecule has 1 fully saturated rings. The number of fused-ring (bicyclic) bond motifs is 1. The molecule has 0 radical (unpaired) electrons. The minimum absolute atomic E-state index is 0.638. The Labute approximate surface area is 101 Å². The summed E-state index contributed by atoms with van der Waals surface area (Å²) in [4.78, 5) is 2.44. The van der Waals surface area contributed by atoms with E-state index in [2.05, 4.69) is 28.4 Å². The summed E-state index contributed by atoms with van der Waals surface area (Å²) in [5.74, 6) is 1.07. The Hall–Kier alpha value is -1.32. The second-order valence-corrected chi connectivity index (χ2v) is 4.76. The zero-order chi connectivity index (χ0) is 11.7. The van der Waals surface area contributed by atoms with Gasteiger partial charge < -0.3 is 9.73 Å². The molecule has 1 saturated heterocycles. The van der Waals surface area contributed by atoms with Crippen molar-refractivity contribution in [1.29, 1.82) is 0 Å². The number of hydrogen-bond acceptors (Lipinski definition) is 3. The Bertz CT molecular complexity index is 473. The van der Waals surface area contributed by atoms with Gasteiger partial charge in [-0.2, -0.15) is 0 Å². The van der Waals surface area contributed by atoms with Gasteiger partial charge in [0.25, 0.3) is 0 Å². The van der Waals surface area contributed by atoms with E-state index in [1.54, 1.807) is 0 Å². The lowest BCUT2D eigenvalue weighted by Gasteiger charge is -2.13. The first-order valence-corrected chi connectivity index (χ1v) is 6.22. The molecule has 17 heavy (non-hydrogen) atoms. The van der Waals surface area contributed by atoms with Crippen LogP contribution in [0.5, 0.6) is 0 Å². The summed E-state index contributed by atoms with van der Waals surface area (Å²) in [6, 6.07) is 11.0. The molecular weight excluding hydrogens is 212 g/mol. The maximum atomic E-state index is 5.84. The zero-order valence-electron chi connectivity index (χ0n) is 10.1. The normalized spacial score (nSPS) is 21.4. The van der Waals surface area contributed by atoms with E-state index >= 15 is 0 Å². The molecule has 1 N–H and O–H groups in total. The minimum atomic E-state index is 0.638. The first-order valence-electron chi connectivity index (χ1n) is 6.22. The molecule has 3 nitrogen and oxygen atoms in total. The van der Waals surface area contributed by atoms with Crippen LogP contribution in [0.1, 0.15) is 12.2 Å². The minimum Gasteiger partial charge on any atom is -0.460 e. The molecule has 1 unspecified atom stereocenters. The Balaban J connectivity index is 1.73. The molecule has 2 heterocycles. The molecule has 0 aliphatic carbocycles. The van der Waals surface area contributed by atoms with Gasteiger partial charge in [-0.15, -0.1) is 0 Å². The SMILES string of the molecule is CNC1CCN(Cc2cc3ccccc3o2)C1. The van der Waals surface area contributed by atoms with Crippen LogP contribution in [-0.2, 0) is 6.54 Å². The second-order valence-electron chi connectivity index (χ2n) is 4.76. The fraction of sp³-hybridized carbons (Fsp3) is 0.429. The molecular formula is C14H18N2O. The van der Waals surface area contributed by atoms with E-state index in [-0.39, 0.29) is 0 Å². The van der Waals surface area contributed by atoms with Crippen LogP contribution in [0.3, 0.4) is 0 Å². The summed E-state index contributed by atoms with van der Waals surface area (Å²) in [7, 11) is 2.04. The summed E-state index contributed by atoms with van der Waals surface area (Å²) < 4.78 is 5.84. The average Bonchev–Trinajstić information content (AvgIpc) is 2.94. The Morgan fingerprint density at radius 1 is 1.41 bits per heavy atom. The van der Waals surface area contributed by atoms with E-state index < -0.39 is 0 Å². The predicted molar refractivity (Wildman–Crippen MR) is 69.0 cm³/mol. The Morgan fingerprint density at radius 2 is 2.29 bits per heavy atom. The van der Waals surface area contributed by atoms with Crippen LogP contribution < -0.4 is 5.32 Å². The van der Waals surface area contributed by atoms with Gasteiger partial charge >= 0.3 is 0 Å². The lowest BCUT2D eigenvalue weighted by Crippen LogP contribution is -2.29. The predicted octanol–water partition coefficient (Wildman–Crippen LogP) is 2.23. The molecule has 1 atom stereocenters. The van der Waals surface area contributed by atoms with Crippen LogP contribution in [-0.4, -0.2) is 31.1 Å². The lowest BCUT2D eigenvalue weighted by molar-refractivity contribution is 0.295. The van der Waals surface area contributed by atoms with Crippen LogP contribution in [0.2, 0.25) is 0 Å². The van der Waals surface area contributed by atoms with Crippen molar-refractivity contribution < 1.29 is 4.42 Å². The third-order valence-corrected chi connectivity index (χ3v) is 3.54. The van der Waals surface area contributed by atoms with E-state index in [0.717, 1.165) is 31.0 Å². The molecule has 0 saturated carbocycles. The quantitative estimate of drug-likeness (QED) is 0.876. The van der Waals surface area contributed by atoms with E-state index in [4.69, 9.17) is 4.42 Å². The molecule has 3 heteroatoms. The Kier molecular flexibility index (Phi) is 2.87. The maximum Gasteiger partial charge on any atom is 0.134 e.